The van der Waals surface area contributed by atoms with Gasteiger partial charge >= 0.3 is 6.03 Å². The smallest absolute Gasteiger partial charge is 0.320 e. The Morgan fingerprint density at radius 2 is 1.95 bits per heavy atom. The first-order valence-corrected chi connectivity index (χ1v) is 8.34. The van der Waals surface area contributed by atoms with Crippen LogP contribution in [-0.4, -0.2) is 18.0 Å². The van der Waals surface area contributed by atoms with E-state index in [0.29, 0.717) is 10.6 Å². The van der Waals surface area contributed by atoms with E-state index >= 15 is 0 Å². The number of nitrogens with one attached hydrogen (secondary N) is 2. The Bertz CT molecular complexity index is 533. The van der Waals surface area contributed by atoms with Gasteiger partial charge in [-0.1, -0.05) is 26.2 Å². The third-order valence-corrected chi connectivity index (χ3v) is 5.04. The van der Waals surface area contributed by atoms with Crippen LogP contribution in [0.1, 0.15) is 59.8 Å². The second-order valence-electron chi connectivity index (χ2n) is 5.49. The van der Waals surface area contributed by atoms with Crippen molar-refractivity contribution in [1.82, 2.24) is 5.32 Å². The maximum absolute atomic E-state index is 12.1. The van der Waals surface area contributed by atoms with Crippen LogP contribution >= 0.6 is 11.3 Å². The van der Waals surface area contributed by atoms with Crippen LogP contribution in [0.3, 0.4) is 0 Å². The molecular weight excluding hydrogens is 286 g/mol. The second-order valence-corrected chi connectivity index (χ2v) is 6.72. The zero-order chi connectivity index (χ0) is 15.4. The van der Waals surface area contributed by atoms with Gasteiger partial charge in [-0.15, -0.1) is 11.3 Å². The highest BCUT2D eigenvalue weighted by Crippen LogP contribution is 2.33. The van der Waals surface area contributed by atoms with Gasteiger partial charge in [-0.2, -0.15) is 0 Å². The maximum Gasteiger partial charge on any atom is 0.320 e. The van der Waals surface area contributed by atoms with Crippen molar-refractivity contribution >= 4 is 28.3 Å². The number of hydrogen-bond donors (Lipinski definition) is 3. The lowest BCUT2D eigenvalue weighted by Gasteiger charge is -2.22. The van der Waals surface area contributed by atoms with E-state index in [1.165, 1.54) is 17.8 Å². The average molecular weight is 309 g/mol. The molecule has 3 amide bonds. The molecule has 0 spiro atoms. The molecule has 0 aliphatic heterocycles. The minimum absolute atomic E-state index is 0.238. The summed E-state index contributed by atoms with van der Waals surface area (Å²) in [5, 5.41) is 6.35. The summed E-state index contributed by atoms with van der Waals surface area (Å²) in [4.78, 5) is 24.8. The number of rotatable bonds is 4. The van der Waals surface area contributed by atoms with Crippen molar-refractivity contribution in [2.75, 3.05) is 5.32 Å². The zero-order valence-corrected chi connectivity index (χ0v) is 13.4. The third-order valence-electron chi connectivity index (χ3n) is 3.98. The summed E-state index contributed by atoms with van der Waals surface area (Å²) in [5.74, 6) is -0.482. The molecule has 1 aliphatic rings. The normalized spacial score (nSPS) is 15.7. The highest BCUT2D eigenvalue weighted by atomic mass is 32.1. The number of anilines is 1. The molecule has 0 saturated heterocycles. The fourth-order valence-corrected chi connectivity index (χ4v) is 4.07. The Morgan fingerprint density at radius 1 is 1.29 bits per heavy atom. The quantitative estimate of drug-likeness (QED) is 0.798. The Kier molecular flexibility index (Phi) is 5.22. The Morgan fingerprint density at radius 3 is 2.52 bits per heavy atom. The summed E-state index contributed by atoms with van der Waals surface area (Å²) in [5.41, 5.74) is 6.85. The molecule has 1 aromatic heterocycles. The van der Waals surface area contributed by atoms with E-state index in [4.69, 9.17) is 5.73 Å². The highest BCUT2D eigenvalue weighted by Gasteiger charge is 2.22. The fourth-order valence-electron chi connectivity index (χ4n) is 2.92. The second kappa shape index (κ2) is 6.93. The van der Waals surface area contributed by atoms with Gasteiger partial charge in [0.2, 0.25) is 0 Å². The van der Waals surface area contributed by atoms with Crippen LogP contribution in [0.25, 0.3) is 0 Å². The summed E-state index contributed by atoms with van der Waals surface area (Å²) in [6.45, 7) is 3.92. The van der Waals surface area contributed by atoms with Gasteiger partial charge in [-0.05, 0) is 31.7 Å². The molecule has 0 bridgehead atoms. The van der Waals surface area contributed by atoms with Gasteiger partial charge in [-0.25, -0.2) is 4.79 Å². The van der Waals surface area contributed by atoms with Crippen LogP contribution in [0.15, 0.2) is 0 Å². The van der Waals surface area contributed by atoms with Crippen LogP contribution in [-0.2, 0) is 6.42 Å². The van der Waals surface area contributed by atoms with Gasteiger partial charge < -0.3 is 11.1 Å². The fraction of sp³-hybridized carbons (Fsp3) is 0.600. The van der Waals surface area contributed by atoms with Crippen LogP contribution < -0.4 is 16.4 Å². The number of nitrogens with two attached hydrogens (primary N) is 1. The number of amides is 3. The number of primary amides is 1. The van der Waals surface area contributed by atoms with Crippen molar-refractivity contribution in [3.05, 3.63) is 16.0 Å². The monoisotopic (exact) mass is 309 g/mol. The number of hydrogen-bond acceptors (Lipinski definition) is 3. The molecule has 1 heterocycles. The summed E-state index contributed by atoms with van der Waals surface area (Å²) in [6, 6.07) is -0.00390. The maximum atomic E-state index is 12.1. The molecule has 4 N–H and O–H groups in total. The number of carbonyl (C=O) groups is 2. The van der Waals surface area contributed by atoms with Crippen LogP contribution in [0, 0.1) is 6.92 Å². The lowest BCUT2D eigenvalue weighted by atomic mass is 9.96. The largest absolute Gasteiger partial charge is 0.365 e. The van der Waals surface area contributed by atoms with Crippen molar-refractivity contribution in [3.8, 4) is 0 Å². The lowest BCUT2D eigenvalue weighted by molar-refractivity contribution is 0.100. The Labute approximate surface area is 129 Å². The van der Waals surface area contributed by atoms with E-state index in [2.05, 4.69) is 10.6 Å². The van der Waals surface area contributed by atoms with Gasteiger partial charge in [0.05, 0.1) is 5.56 Å². The van der Waals surface area contributed by atoms with E-state index < -0.39 is 5.91 Å². The average Bonchev–Trinajstić information content (AvgIpc) is 2.75. The van der Waals surface area contributed by atoms with E-state index in [1.807, 2.05) is 13.8 Å². The molecule has 6 heteroatoms. The van der Waals surface area contributed by atoms with Crippen molar-refractivity contribution < 1.29 is 9.59 Å². The molecule has 116 valence electrons. The molecule has 2 rings (SSSR count). The summed E-state index contributed by atoms with van der Waals surface area (Å²) >= 11 is 1.41. The van der Waals surface area contributed by atoms with Crippen molar-refractivity contribution in [1.29, 1.82) is 0 Å². The summed E-state index contributed by atoms with van der Waals surface area (Å²) < 4.78 is 0. The predicted octanol–water partition coefficient (Wildman–Crippen LogP) is 3.17. The lowest BCUT2D eigenvalue weighted by Crippen LogP contribution is -2.39. The van der Waals surface area contributed by atoms with Crippen molar-refractivity contribution in [3.63, 3.8) is 0 Å². The van der Waals surface area contributed by atoms with E-state index in [0.717, 1.165) is 42.5 Å². The number of aryl methyl sites for hydroxylation is 1. The van der Waals surface area contributed by atoms with E-state index in [9.17, 15) is 9.59 Å². The first kappa shape index (κ1) is 15.8. The van der Waals surface area contributed by atoms with Gasteiger partial charge in [0.15, 0.2) is 0 Å². The van der Waals surface area contributed by atoms with Crippen LogP contribution in [0.5, 0.6) is 0 Å². The molecule has 21 heavy (non-hydrogen) atoms. The van der Waals surface area contributed by atoms with Gasteiger partial charge in [0.25, 0.3) is 5.91 Å². The molecule has 0 radical (unpaired) electrons. The van der Waals surface area contributed by atoms with Gasteiger partial charge in [0.1, 0.15) is 5.00 Å². The van der Waals surface area contributed by atoms with Gasteiger partial charge in [0, 0.05) is 10.9 Å². The first-order valence-electron chi connectivity index (χ1n) is 7.52. The SMILES string of the molecule is CCc1c(C)sc(NC(=O)NC2CCCCC2)c1C(N)=O. The van der Waals surface area contributed by atoms with E-state index in [-0.39, 0.29) is 12.1 Å². The molecule has 5 nitrogen and oxygen atoms in total. The minimum atomic E-state index is -0.482. The van der Waals surface area contributed by atoms with Crippen molar-refractivity contribution in [2.24, 2.45) is 5.73 Å². The topological polar surface area (TPSA) is 84.2 Å². The molecule has 0 aromatic carbocycles. The molecule has 1 aliphatic carbocycles. The number of thiophene rings is 1. The Hall–Kier alpha value is -1.56. The minimum Gasteiger partial charge on any atom is -0.365 e. The molecule has 0 atom stereocenters. The molecule has 1 aromatic rings. The van der Waals surface area contributed by atoms with Crippen molar-refractivity contribution in [2.45, 2.75) is 58.4 Å². The third kappa shape index (κ3) is 3.75. The van der Waals surface area contributed by atoms with Crippen LogP contribution in [0.2, 0.25) is 0 Å². The Balaban J connectivity index is 2.08. The zero-order valence-electron chi connectivity index (χ0n) is 12.6. The summed E-state index contributed by atoms with van der Waals surface area (Å²) in [6.07, 6.45) is 6.35. The molecular formula is C15H23N3O2S. The van der Waals surface area contributed by atoms with Gasteiger partial charge in [-0.3, -0.25) is 10.1 Å². The highest BCUT2D eigenvalue weighted by molar-refractivity contribution is 7.16. The molecule has 0 unspecified atom stereocenters. The standard InChI is InChI=1S/C15H23N3O2S/c1-3-11-9(2)21-14(12(11)13(16)19)18-15(20)17-10-7-5-4-6-8-10/h10H,3-8H2,1-2H3,(H2,16,19)(H2,17,18,20). The van der Waals surface area contributed by atoms with E-state index in [1.54, 1.807) is 0 Å². The van der Waals surface area contributed by atoms with Crippen LogP contribution in [0.4, 0.5) is 9.80 Å². The first-order chi connectivity index (χ1) is 10.0. The molecule has 1 saturated carbocycles. The predicted molar refractivity (Wildman–Crippen MR) is 86.0 cm³/mol. The number of carbonyl (C=O) groups excluding carboxylic acids is 2. The number of urea groups is 1. The summed E-state index contributed by atoms with van der Waals surface area (Å²) in [7, 11) is 0. The molecule has 1 fully saturated rings.